The number of anilines is 1. The monoisotopic (exact) mass is 248 g/mol. The van der Waals surface area contributed by atoms with Crippen LogP contribution in [0.1, 0.15) is 19.4 Å². The molecule has 1 fully saturated rings. The molecule has 3 heteroatoms. The summed E-state index contributed by atoms with van der Waals surface area (Å²) >= 11 is 0. The minimum atomic E-state index is 0.200. The highest BCUT2D eigenvalue weighted by atomic mass is 16.3. The van der Waals surface area contributed by atoms with Crippen LogP contribution in [-0.2, 0) is 6.42 Å². The molecular formula is C15H24N2O. The van der Waals surface area contributed by atoms with Crippen LogP contribution in [0.4, 0.5) is 5.69 Å². The molecule has 2 unspecified atom stereocenters. The van der Waals surface area contributed by atoms with E-state index in [1.54, 1.807) is 0 Å². The Morgan fingerprint density at radius 3 is 2.67 bits per heavy atom. The van der Waals surface area contributed by atoms with Gasteiger partial charge in [0.2, 0.25) is 0 Å². The number of rotatable bonds is 3. The van der Waals surface area contributed by atoms with Gasteiger partial charge in [-0.25, -0.2) is 0 Å². The van der Waals surface area contributed by atoms with E-state index in [0.29, 0.717) is 6.04 Å². The predicted octanol–water partition coefficient (Wildman–Crippen LogP) is 1.75. The molecular weight excluding hydrogens is 224 g/mol. The van der Waals surface area contributed by atoms with Crippen molar-refractivity contribution in [2.45, 2.75) is 32.4 Å². The fraction of sp³-hybridized carbons (Fsp3) is 0.600. The van der Waals surface area contributed by atoms with Crippen molar-refractivity contribution < 1.29 is 5.11 Å². The van der Waals surface area contributed by atoms with Crippen molar-refractivity contribution in [3.63, 3.8) is 0 Å². The number of benzene rings is 1. The topological polar surface area (TPSA) is 26.7 Å². The lowest BCUT2D eigenvalue weighted by Gasteiger charge is -2.46. The summed E-state index contributed by atoms with van der Waals surface area (Å²) in [4.78, 5) is 4.70. The number of hydrogen-bond donors (Lipinski definition) is 1. The van der Waals surface area contributed by atoms with E-state index in [9.17, 15) is 5.11 Å². The Morgan fingerprint density at radius 1 is 1.28 bits per heavy atom. The van der Waals surface area contributed by atoms with E-state index in [1.807, 2.05) is 0 Å². The van der Waals surface area contributed by atoms with Gasteiger partial charge in [-0.05, 0) is 32.0 Å². The van der Waals surface area contributed by atoms with Crippen molar-refractivity contribution in [1.29, 1.82) is 0 Å². The molecule has 1 heterocycles. The summed E-state index contributed by atoms with van der Waals surface area (Å²) in [6, 6.07) is 9.20. The van der Waals surface area contributed by atoms with Crippen molar-refractivity contribution >= 4 is 5.69 Å². The second kappa shape index (κ2) is 5.72. The standard InChI is InChI=1S/C15H24N2O/c1-4-13-7-5-6-8-15(13)17-12(2)9-16(3)10-14(17)11-18/h5-8,12,14,18H,4,9-11H2,1-3H3. The molecule has 1 aromatic carbocycles. The number of nitrogens with zero attached hydrogens (tertiary/aromatic N) is 2. The third-order valence-electron chi connectivity index (χ3n) is 3.83. The van der Waals surface area contributed by atoms with Gasteiger partial charge in [0.25, 0.3) is 0 Å². The molecule has 2 atom stereocenters. The van der Waals surface area contributed by atoms with E-state index in [0.717, 1.165) is 19.5 Å². The van der Waals surface area contributed by atoms with Crippen molar-refractivity contribution in [1.82, 2.24) is 4.90 Å². The molecule has 3 nitrogen and oxygen atoms in total. The van der Waals surface area contributed by atoms with Crippen molar-refractivity contribution in [3.05, 3.63) is 29.8 Å². The van der Waals surface area contributed by atoms with Crippen LogP contribution in [0.15, 0.2) is 24.3 Å². The third-order valence-corrected chi connectivity index (χ3v) is 3.83. The Morgan fingerprint density at radius 2 is 2.00 bits per heavy atom. The van der Waals surface area contributed by atoms with Crippen LogP contribution in [0.3, 0.4) is 0 Å². The minimum absolute atomic E-state index is 0.200. The van der Waals surface area contributed by atoms with Gasteiger partial charge < -0.3 is 14.9 Å². The lowest BCUT2D eigenvalue weighted by Crippen LogP contribution is -2.58. The number of piperazine rings is 1. The Labute approximate surface area is 110 Å². The maximum absolute atomic E-state index is 9.65. The highest BCUT2D eigenvalue weighted by Gasteiger charge is 2.30. The van der Waals surface area contributed by atoms with Gasteiger partial charge >= 0.3 is 0 Å². The molecule has 18 heavy (non-hydrogen) atoms. The lowest BCUT2D eigenvalue weighted by atomic mass is 10.0. The molecule has 0 amide bonds. The summed E-state index contributed by atoms with van der Waals surface area (Å²) in [5.41, 5.74) is 2.66. The largest absolute Gasteiger partial charge is 0.394 e. The number of aliphatic hydroxyl groups excluding tert-OH is 1. The summed E-state index contributed by atoms with van der Waals surface area (Å²) in [6.07, 6.45) is 1.04. The van der Waals surface area contributed by atoms with Gasteiger partial charge in [0.1, 0.15) is 0 Å². The van der Waals surface area contributed by atoms with E-state index in [-0.39, 0.29) is 12.6 Å². The molecule has 0 spiro atoms. The van der Waals surface area contributed by atoms with E-state index in [1.165, 1.54) is 11.3 Å². The zero-order valence-corrected chi connectivity index (χ0v) is 11.6. The van der Waals surface area contributed by atoms with E-state index < -0.39 is 0 Å². The average molecular weight is 248 g/mol. The fourth-order valence-electron chi connectivity index (χ4n) is 3.06. The van der Waals surface area contributed by atoms with E-state index in [2.05, 4.69) is 55.0 Å². The van der Waals surface area contributed by atoms with Crippen LogP contribution in [0.2, 0.25) is 0 Å². The molecule has 0 aliphatic carbocycles. The second-order valence-electron chi connectivity index (χ2n) is 5.30. The van der Waals surface area contributed by atoms with E-state index >= 15 is 0 Å². The van der Waals surface area contributed by atoms with Crippen LogP contribution in [0.5, 0.6) is 0 Å². The van der Waals surface area contributed by atoms with Gasteiger partial charge in [0, 0.05) is 24.8 Å². The fourth-order valence-corrected chi connectivity index (χ4v) is 3.06. The first kappa shape index (κ1) is 13.4. The van der Waals surface area contributed by atoms with Gasteiger partial charge in [-0.3, -0.25) is 0 Å². The number of aryl methyl sites for hydroxylation is 1. The first-order valence-corrected chi connectivity index (χ1v) is 6.83. The smallest absolute Gasteiger partial charge is 0.0651 e. The molecule has 0 radical (unpaired) electrons. The molecule has 2 rings (SSSR count). The first-order valence-electron chi connectivity index (χ1n) is 6.83. The van der Waals surface area contributed by atoms with E-state index in [4.69, 9.17) is 0 Å². The van der Waals surface area contributed by atoms with Gasteiger partial charge in [-0.2, -0.15) is 0 Å². The predicted molar refractivity (Wildman–Crippen MR) is 76.1 cm³/mol. The molecule has 1 saturated heterocycles. The number of hydrogen-bond acceptors (Lipinski definition) is 3. The second-order valence-corrected chi connectivity index (χ2v) is 5.30. The van der Waals surface area contributed by atoms with Gasteiger partial charge in [0.15, 0.2) is 0 Å². The Hall–Kier alpha value is -1.06. The van der Waals surface area contributed by atoms with Gasteiger partial charge in [-0.15, -0.1) is 0 Å². The van der Waals surface area contributed by atoms with Gasteiger partial charge in [-0.1, -0.05) is 25.1 Å². The zero-order valence-electron chi connectivity index (χ0n) is 11.6. The van der Waals surface area contributed by atoms with Crippen molar-refractivity contribution in [2.75, 3.05) is 31.6 Å². The SMILES string of the molecule is CCc1ccccc1N1C(C)CN(C)CC1CO. The minimum Gasteiger partial charge on any atom is -0.394 e. The first-order chi connectivity index (χ1) is 8.67. The Balaban J connectivity index is 2.34. The van der Waals surface area contributed by atoms with Crippen LogP contribution in [-0.4, -0.2) is 48.8 Å². The van der Waals surface area contributed by atoms with Crippen LogP contribution >= 0.6 is 0 Å². The number of likely N-dealkylation sites (N-methyl/N-ethyl adjacent to an activating group) is 1. The van der Waals surface area contributed by atoms with Crippen LogP contribution < -0.4 is 4.90 Å². The third kappa shape index (κ3) is 2.52. The Bertz CT molecular complexity index is 394. The summed E-state index contributed by atoms with van der Waals surface area (Å²) in [5.74, 6) is 0. The molecule has 1 aromatic rings. The van der Waals surface area contributed by atoms with Crippen molar-refractivity contribution in [2.24, 2.45) is 0 Å². The summed E-state index contributed by atoms with van der Waals surface area (Å²) < 4.78 is 0. The normalized spacial score (nSPS) is 25.4. The zero-order chi connectivity index (χ0) is 13.1. The van der Waals surface area contributed by atoms with Crippen LogP contribution in [0.25, 0.3) is 0 Å². The number of para-hydroxylation sites is 1. The molecule has 1 N–H and O–H groups in total. The van der Waals surface area contributed by atoms with Crippen LogP contribution in [0, 0.1) is 0 Å². The molecule has 0 aromatic heterocycles. The summed E-state index contributed by atoms with van der Waals surface area (Å²) in [7, 11) is 2.13. The quantitative estimate of drug-likeness (QED) is 0.883. The number of aliphatic hydroxyl groups is 1. The summed E-state index contributed by atoms with van der Waals surface area (Å²) in [6.45, 7) is 6.62. The average Bonchev–Trinajstić information content (AvgIpc) is 2.38. The maximum Gasteiger partial charge on any atom is 0.0651 e. The lowest BCUT2D eigenvalue weighted by molar-refractivity contribution is 0.171. The highest BCUT2D eigenvalue weighted by molar-refractivity contribution is 5.56. The summed E-state index contributed by atoms with van der Waals surface area (Å²) in [5, 5.41) is 9.65. The molecule has 0 saturated carbocycles. The van der Waals surface area contributed by atoms with Gasteiger partial charge in [0.05, 0.1) is 12.6 Å². The molecule has 1 aliphatic rings. The molecule has 1 aliphatic heterocycles. The molecule has 0 bridgehead atoms. The molecule has 100 valence electrons. The maximum atomic E-state index is 9.65. The Kier molecular flexibility index (Phi) is 4.25. The highest BCUT2D eigenvalue weighted by Crippen LogP contribution is 2.28. The van der Waals surface area contributed by atoms with Crippen molar-refractivity contribution in [3.8, 4) is 0 Å².